The standard InChI is InChI=1S/C20H28N6OS/c1-21-18(13-28-14-24-20-22-9-4-10-23-20)17-7-3-8-19(25-17)26-15-5-2-6-16(26)12-27-11-15/h3,7-8,13,15-16H,1-2,4-6,9-12,14H2,(H2,22,23,24)/b18-13-/t15-,16+. The average molecular weight is 401 g/mol. The maximum atomic E-state index is 5.77. The van der Waals surface area contributed by atoms with E-state index in [0.29, 0.717) is 12.1 Å². The molecule has 0 spiro atoms. The van der Waals surface area contributed by atoms with Gasteiger partial charge in [0.1, 0.15) is 5.82 Å². The first kappa shape index (κ1) is 19.3. The summed E-state index contributed by atoms with van der Waals surface area (Å²) >= 11 is 1.63. The van der Waals surface area contributed by atoms with Crippen molar-refractivity contribution in [2.24, 2.45) is 9.98 Å². The van der Waals surface area contributed by atoms with Crippen LogP contribution in [0.3, 0.4) is 0 Å². The van der Waals surface area contributed by atoms with Gasteiger partial charge in [0.05, 0.1) is 42.6 Å². The summed E-state index contributed by atoms with van der Waals surface area (Å²) in [5.74, 6) is 2.62. The molecule has 7 nitrogen and oxygen atoms in total. The number of guanidine groups is 1. The van der Waals surface area contributed by atoms with Gasteiger partial charge in [-0.3, -0.25) is 9.98 Å². The van der Waals surface area contributed by atoms with Crippen LogP contribution < -0.4 is 15.5 Å². The van der Waals surface area contributed by atoms with Crippen molar-refractivity contribution >= 4 is 36.0 Å². The number of fused-ring (bicyclic) bond motifs is 2. The fourth-order valence-corrected chi connectivity index (χ4v) is 4.63. The Bertz CT molecular complexity index is 730. The number of aliphatic imine (C=N–C) groups is 2. The zero-order valence-corrected chi connectivity index (χ0v) is 17.0. The van der Waals surface area contributed by atoms with E-state index in [1.165, 1.54) is 19.3 Å². The van der Waals surface area contributed by atoms with E-state index in [0.717, 1.165) is 61.8 Å². The number of pyridine rings is 1. The second-order valence-electron chi connectivity index (χ2n) is 7.22. The zero-order valence-electron chi connectivity index (χ0n) is 16.1. The van der Waals surface area contributed by atoms with Crippen LogP contribution in [0.5, 0.6) is 0 Å². The molecule has 4 rings (SSSR count). The summed E-state index contributed by atoms with van der Waals surface area (Å²) in [6.07, 6.45) is 4.71. The number of hydrogen-bond acceptors (Lipinski definition) is 8. The second kappa shape index (κ2) is 9.43. The van der Waals surface area contributed by atoms with Crippen LogP contribution in [0.4, 0.5) is 5.82 Å². The monoisotopic (exact) mass is 400 g/mol. The number of hydrogen-bond donors (Lipinski definition) is 2. The lowest BCUT2D eigenvalue weighted by atomic mass is 9.94. The van der Waals surface area contributed by atoms with Crippen LogP contribution in [0.25, 0.3) is 5.70 Å². The Labute approximate surface area is 170 Å². The predicted octanol–water partition coefficient (Wildman–Crippen LogP) is 2.47. The summed E-state index contributed by atoms with van der Waals surface area (Å²) in [5, 5.41) is 8.56. The number of nitrogens with zero attached hydrogens (tertiary/aromatic N) is 4. The Morgan fingerprint density at radius 3 is 2.96 bits per heavy atom. The van der Waals surface area contributed by atoms with Gasteiger partial charge in [0.2, 0.25) is 0 Å². The molecule has 0 unspecified atom stereocenters. The van der Waals surface area contributed by atoms with Crippen LogP contribution in [0.2, 0.25) is 0 Å². The van der Waals surface area contributed by atoms with Gasteiger partial charge in [-0.15, -0.1) is 11.8 Å². The summed E-state index contributed by atoms with van der Waals surface area (Å²) in [6, 6.07) is 7.03. The van der Waals surface area contributed by atoms with Gasteiger partial charge in [-0.05, 0) is 44.5 Å². The molecule has 4 heterocycles. The van der Waals surface area contributed by atoms with Crippen LogP contribution in [-0.4, -0.2) is 61.9 Å². The van der Waals surface area contributed by atoms with Crippen LogP contribution >= 0.6 is 11.8 Å². The van der Waals surface area contributed by atoms with E-state index in [2.05, 4.69) is 44.4 Å². The van der Waals surface area contributed by atoms with Crippen molar-refractivity contribution in [3.8, 4) is 0 Å². The van der Waals surface area contributed by atoms with E-state index in [1.807, 2.05) is 11.5 Å². The molecule has 8 heteroatoms. The van der Waals surface area contributed by atoms with E-state index >= 15 is 0 Å². The highest BCUT2D eigenvalue weighted by Gasteiger charge is 2.35. The Morgan fingerprint density at radius 1 is 1.36 bits per heavy atom. The number of ether oxygens (including phenoxy) is 1. The minimum absolute atomic E-state index is 0.432. The topological polar surface area (TPSA) is 74.1 Å². The van der Waals surface area contributed by atoms with Crippen molar-refractivity contribution in [3.05, 3.63) is 29.3 Å². The lowest BCUT2D eigenvalue weighted by Gasteiger charge is -2.46. The van der Waals surface area contributed by atoms with Gasteiger partial charge in [-0.2, -0.15) is 0 Å². The smallest absolute Gasteiger partial charge is 0.191 e. The fraction of sp³-hybridized carbons (Fsp3) is 0.550. The molecule has 2 fully saturated rings. The van der Waals surface area contributed by atoms with Gasteiger partial charge in [0.15, 0.2) is 5.96 Å². The van der Waals surface area contributed by atoms with Gasteiger partial charge in [-0.25, -0.2) is 4.98 Å². The Kier molecular flexibility index (Phi) is 6.49. The number of rotatable bonds is 6. The van der Waals surface area contributed by atoms with E-state index < -0.39 is 0 Å². The molecule has 0 amide bonds. The molecular weight excluding hydrogens is 372 g/mol. The first-order valence-corrected chi connectivity index (χ1v) is 11.0. The van der Waals surface area contributed by atoms with Crippen molar-refractivity contribution in [3.63, 3.8) is 0 Å². The van der Waals surface area contributed by atoms with Crippen molar-refractivity contribution in [2.75, 3.05) is 37.1 Å². The number of morpholine rings is 1. The molecular formula is C20H28N6OS. The summed E-state index contributed by atoms with van der Waals surface area (Å²) in [5.41, 5.74) is 1.66. The summed E-state index contributed by atoms with van der Waals surface area (Å²) in [6.45, 7) is 7.20. The lowest BCUT2D eigenvalue weighted by Crippen LogP contribution is -2.55. The third-order valence-electron chi connectivity index (χ3n) is 5.33. The summed E-state index contributed by atoms with van der Waals surface area (Å²) < 4.78 is 5.77. The molecule has 2 saturated heterocycles. The molecule has 0 aromatic carbocycles. The highest BCUT2D eigenvalue weighted by molar-refractivity contribution is 8.02. The number of thioether (sulfide) groups is 1. The molecule has 0 radical (unpaired) electrons. The Balaban J connectivity index is 1.43. The van der Waals surface area contributed by atoms with Gasteiger partial charge in [0, 0.05) is 18.5 Å². The molecule has 3 aliphatic heterocycles. The van der Waals surface area contributed by atoms with E-state index in [-0.39, 0.29) is 0 Å². The fourth-order valence-electron chi connectivity index (χ4n) is 3.98. The van der Waals surface area contributed by atoms with E-state index in [4.69, 9.17) is 9.72 Å². The van der Waals surface area contributed by atoms with Gasteiger partial charge >= 0.3 is 0 Å². The minimum Gasteiger partial charge on any atom is -0.377 e. The normalized spacial score (nSPS) is 24.9. The molecule has 0 saturated carbocycles. The summed E-state index contributed by atoms with van der Waals surface area (Å²) in [7, 11) is 0. The quantitative estimate of drug-likeness (QED) is 0.434. The Morgan fingerprint density at radius 2 is 2.21 bits per heavy atom. The minimum atomic E-state index is 0.432. The molecule has 0 aliphatic carbocycles. The third kappa shape index (κ3) is 4.50. The van der Waals surface area contributed by atoms with Crippen molar-refractivity contribution in [1.29, 1.82) is 0 Å². The molecule has 3 aliphatic rings. The number of piperidine rings is 1. The maximum Gasteiger partial charge on any atom is 0.191 e. The first-order valence-electron chi connectivity index (χ1n) is 9.99. The molecule has 2 atom stereocenters. The number of aromatic nitrogens is 1. The van der Waals surface area contributed by atoms with Gasteiger partial charge in [0.25, 0.3) is 0 Å². The zero-order chi connectivity index (χ0) is 19.2. The molecule has 28 heavy (non-hydrogen) atoms. The summed E-state index contributed by atoms with van der Waals surface area (Å²) in [4.78, 5) is 16.0. The molecule has 150 valence electrons. The molecule has 2 bridgehead atoms. The van der Waals surface area contributed by atoms with Gasteiger partial charge in [-0.1, -0.05) is 6.07 Å². The van der Waals surface area contributed by atoms with Crippen LogP contribution in [-0.2, 0) is 4.74 Å². The van der Waals surface area contributed by atoms with E-state index in [9.17, 15) is 0 Å². The SMILES string of the molecule is C=N/C(=C\SCNC1=NCCCN1)c1cccc(N2[C@@H]3CCC[C@H]2COC3)n1. The second-order valence-corrected chi connectivity index (χ2v) is 8.08. The number of anilines is 1. The molecule has 2 N–H and O–H groups in total. The Hall–Kier alpha value is -2.06. The van der Waals surface area contributed by atoms with Crippen LogP contribution in [0.15, 0.2) is 33.6 Å². The van der Waals surface area contributed by atoms with Crippen LogP contribution in [0.1, 0.15) is 31.4 Å². The van der Waals surface area contributed by atoms with Crippen molar-refractivity contribution < 1.29 is 4.74 Å². The maximum absolute atomic E-state index is 5.77. The van der Waals surface area contributed by atoms with Crippen molar-refractivity contribution in [2.45, 2.75) is 37.8 Å². The highest BCUT2D eigenvalue weighted by atomic mass is 32.2. The highest BCUT2D eigenvalue weighted by Crippen LogP contribution is 2.32. The van der Waals surface area contributed by atoms with Gasteiger partial charge < -0.3 is 20.3 Å². The third-order valence-corrected chi connectivity index (χ3v) is 6.03. The molecule has 1 aromatic rings. The predicted molar refractivity (Wildman–Crippen MR) is 117 cm³/mol. The first-order chi connectivity index (χ1) is 13.8. The largest absolute Gasteiger partial charge is 0.377 e. The lowest BCUT2D eigenvalue weighted by molar-refractivity contribution is 0.0458. The van der Waals surface area contributed by atoms with E-state index in [1.54, 1.807) is 11.8 Å². The average Bonchev–Trinajstić information content (AvgIpc) is 2.74. The molecule has 1 aromatic heterocycles. The number of nitrogens with one attached hydrogen (secondary N) is 2. The van der Waals surface area contributed by atoms with Crippen molar-refractivity contribution in [1.82, 2.24) is 15.6 Å². The van der Waals surface area contributed by atoms with Crippen LogP contribution in [0, 0.1) is 0 Å².